The summed E-state index contributed by atoms with van der Waals surface area (Å²) in [6.07, 6.45) is 1.57. The molecule has 4 heteroatoms. The minimum absolute atomic E-state index is 0.474. The second-order valence-corrected chi connectivity index (χ2v) is 7.29. The molecule has 3 aromatic rings. The Morgan fingerprint density at radius 2 is 1.03 bits per heavy atom. The van der Waals surface area contributed by atoms with Crippen LogP contribution in [0, 0.1) is 18.8 Å². The first kappa shape index (κ1) is 21.6. The van der Waals surface area contributed by atoms with E-state index < -0.39 is 23.0 Å². The summed E-state index contributed by atoms with van der Waals surface area (Å²) in [5.74, 6) is -2.87. The van der Waals surface area contributed by atoms with Crippen molar-refractivity contribution in [1.82, 2.24) is 0 Å². The molecular formula is C26H22F4. The first-order valence-electron chi connectivity index (χ1n) is 9.78. The van der Waals surface area contributed by atoms with E-state index in [1.807, 2.05) is 38.1 Å². The van der Waals surface area contributed by atoms with E-state index in [1.165, 1.54) is 24.3 Å². The van der Waals surface area contributed by atoms with Crippen LogP contribution in [0.5, 0.6) is 0 Å². The highest BCUT2D eigenvalue weighted by Crippen LogP contribution is 2.49. The van der Waals surface area contributed by atoms with Crippen molar-refractivity contribution in [2.24, 2.45) is 0 Å². The Labute approximate surface area is 174 Å². The quantitative estimate of drug-likeness (QED) is 0.307. The molecule has 0 aliphatic heterocycles. The number of hydrogen-bond donors (Lipinski definition) is 0. The molecule has 0 N–H and O–H groups in total. The van der Waals surface area contributed by atoms with Gasteiger partial charge in [-0.2, -0.15) is 17.6 Å². The van der Waals surface area contributed by atoms with E-state index in [-0.39, 0.29) is 0 Å². The molecule has 0 radical (unpaired) electrons. The Morgan fingerprint density at radius 1 is 0.633 bits per heavy atom. The molecule has 0 aliphatic rings. The molecule has 0 saturated heterocycles. The molecule has 0 fully saturated rings. The molecule has 0 bridgehead atoms. The molecule has 3 aromatic carbocycles. The SMILES string of the molecule is CCCc1ccc(C(F)(F)C(F)(F)c2ccc(C#Cc3ccc(C)cc3)cc2)cc1. The third-order valence-corrected chi connectivity index (χ3v) is 4.90. The number of halogens is 4. The van der Waals surface area contributed by atoms with Crippen LogP contribution in [0.4, 0.5) is 17.6 Å². The van der Waals surface area contributed by atoms with Crippen LogP contribution in [0.1, 0.15) is 46.7 Å². The van der Waals surface area contributed by atoms with Crippen molar-refractivity contribution in [3.63, 3.8) is 0 Å². The molecule has 0 aromatic heterocycles. The third-order valence-electron chi connectivity index (χ3n) is 4.90. The molecule has 0 amide bonds. The average Bonchev–Trinajstić information content (AvgIpc) is 2.74. The van der Waals surface area contributed by atoms with E-state index in [9.17, 15) is 17.6 Å². The summed E-state index contributed by atoms with van der Waals surface area (Å²) in [7, 11) is 0. The summed E-state index contributed by atoms with van der Waals surface area (Å²) < 4.78 is 58.7. The van der Waals surface area contributed by atoms with Crippen molar-refractivity contribution in [3.8, 4) is 11.8 Å². The zero-order chi connectivity index (χ0) is 21.8. The van der Waals surface area contributed by atoms with Crippen LogP contribution in [-0.2, 0) is 18.3 Å². The molecule has 0 heterocycles. The number of hydrogen-bond acceptors (Lipinski definition) is 0. The molecule has 0 unspecified atom stereocenters. The Balaban J connectivity index is 1.82. The molecule has 3 rings (SSSR count). The summed E-state index contributed by atoms with van der Waals surface area (Å²) >= 11 is 0. The van der Waals surface area contributed by atoms with Crippen LogP contribution >= 0.6 is 0 Å². The maximum atomic E-state index is 14.7. The minimum Gasteiger partial charge on any atom is -0.194 e. The number of rotatable bonds is 5. The topological polar surface area (TPSA) is 0 Å². The van der Waals surface area contributed by atoms with E-state index in [1.54, 1.807) is 0 Å². The fraction of sp³-hybridized carbons (Fsp3) is 0.231. The van der Waals surface area contributed by atoms with Gasteiger partial charge in [0.25, 0.3) is 0 Å². The van der Waals surface area contributed by atoms with Gasteiger partial charge >= 0.3 is 11.8 Å². The normalized spacial score (nSPS) is 11.7. The van der Waals surface area contributed by atoms with Crippen LogP contribution in [0.25, 0.3) is 0 Å². The van der Waals surface area contributed by atoms with Crippen molar-refractivity contribution in [2.45, 2.75) is 38.5 Å². The number of aryl methyl sites for hydroxylation is 2. The molecule has 0 aliphatic carbocycles. The molecular weight excluding hydrogens is 388 g/mol. The van der Waals surface area contributed by atoms with Gasteiger partial charge in [0.2, 0.25) is 0 Å². The summed E-state index contributed by atoms with van der Waals surface area (Å²) in [5.41, 5.74) is 1.77. The largest absolute Gasteiger partial charge is 0.339 e. The van der Waals surface area contributed by atoms with E-state index in [2.05, 4.69) is 11.8 Å². The molecule has 0 nitrogen and oxygen atoms in total. The van der Waals surface area contributed by atoms with Gasteiger partial charge in [-0.1, -0.05) is 79.3 Å². The minimum atomic E-state index is -4.35. The lowest BCUT2D eigenvalue weighted by Crippen LogP contribution is -2.35. The Kier molecular flexibility index (Phi) is 6.31. The monoisotopic (exact) mass is 410 g/mol. The molecule has 0 spiro atoms. The van der Waals surface area contributed by atoms with Gasteiger partial charge in [0, 0.05) is 22.3 Å². The van der Waals surface area contributed by atoms with Gasteiger partial charge in [0.05, 0.1) is 0 Å². The Hall–Kier alpha value is -3.06. The van der Waals surface area contributed by atoms with Crippen molar-refractivity contribution in [2.75, 3.05) is 0 Å². The lowest BCUT2D eigenvalue weighted by molar-refractivity contribution is -0.223. The second kappa shape index (κ2) is 8.75. The van der Waals surface area contributed by atoms with E-state index in [4.69, 9.17) is 0 Å². The van der Waals surface area contributed by atoms with Gasteiger partial charge in [-0.15, -0.1) is 0 Å². The van der Waals surface area contributed by atoms with Crippen molar-refractivity contribution in [1.29, 1.82) is 0 Å². The Bertz CT molecular complexity index is 1040. The van der Waals surface area contributed by atoms with E-state index in [0.717, 1.165) is 47.4 Å². The van der Waals surface area contributed by atoms with E-state index >= 15 is 0 Å². The summed E-state index contributed by atoms with van der Waals surface area (Å²) in [6.45, 7) is 3.93. The maximum absolute atomic E-state index is 14.7. The van der Waals surface area contributed by atoms with Crippen LogP contribution in [0.3, 0.4) is 0 Å². The predicted molar refractivity (Wildman–Crippen MR) is 112 cm³/mol. The van der Waals surface area contributed by atoms with Gasteiger partial charge in [0.15, 0.2) is 0 Å². The van der Waals surface area contributed by atoms with Crippen molar-refractivity contribution >= 4 is 0 Å². The molecule has 0 atom stereocenters. The first-order valence-corrected chi connectivity index (χ1v) is 9.78. The fourth-order valence-corrected chi connectivity index (χ4v) is 3.08. The molecule has 154 valence electrons. The van der Waals surface area contributed by atoms with Crippen LogP contribution in [-0.4, -0.2) is 0 Å². The highest BCUT2D eigenvalue weighted by molar-refractivity contribution is 5.45. The third kappa shape index (κ3) is 4.57. The predicted octanol–water partition coefficient (Wildman–Crippen LogP) is 7.23. The highest BCUT2D eigenvalue weighted by atomic mass is 19.3. The first-order chi connectivity index (χ1) is 14.2. The highest BCUT2D eigenvalue weighted by Gasteiger charge is 2.58. The molecule has 30 heavy (non-hydrogen) atoms. The number of alkyl halides is 4. The fourth-order valence-electron chi connectivity index (χ4n) is 3.08. The van der Waals surface area contributed by atoms with Crippen molar-refractivity contribution in [3.05, 3.63) is 106 Å². The summed E-state index contributed by atoms with van der Waals surface area (Å²) in [5, 5.41) is 0. The van der Waals surface area contributed by atoms with Gasteiger partial charge in [-0.3, -0.25) is 0 Å². The smallest absolute Gasteiger partial charge is 0.194 e. The Morgan fingerprint density at radius 3 is 1.47 bits per heavy atom. The lowest BCUT2D eigenvalue weighted by Gasteiger charge is -2.27. The maximum Gasteiger partial charge on any atom is 0.339 e. The van der Waals surface area contributed by atoms with Crippen LogP contribution < -0.4 is 0 Å². The second-order valence-electron chi connectivity index (χ2n) is 7.29. The van der Waals surface area contributed by atoms with Crippen molar-refractivity contribution < 1.29 is 17.6 Å². The standard InChI is InChI=1S/C26H22F4/c1-3-4-20-11-15-23(16-12-20)25(27,28)26(29,30)24-17-13-22(14-18-24)10-9-21-7-5-19(2)6-8-21/h5-8,11-18H,3-4H2,1-2H3. The lowest BCUT2D eigenvalue weighted by atomic mass is 9.94. The molecule has 0 saturated carbocycles. The van der Waals surface area contributed by atoms with Gasteiger partial charge in [-0.05, 0) is 43.2 Å². The number of benzene rings is 3. The zero-order valence-corrected chi connectivity index (χ0v) is 16.9. The zero-order valence-electron chi connectivity index (χ0n) is 16.9. The van der Waals surface area contributed by atoms with Gasteiger partial charge in [0.1, 0.15) is 0 Å². The summed E-state index contributed by atoms with van der Waals surface area (Å²) in [6, 6.07) is 17.4. The average molecular weight is 410 g/mol. The van der Waals surface area contributed by atoms with Gasteiger partial charge < -0.3 is 0 Å². The van der Waals surface area contributed by atoms with Crippen LogP contribution in [0.2, 0.25) is 0 Å². The van der Waals surface area contributed by atoms with Gasteiger partial charge in [-0.25, -0.2) is 0 Å². The van der Waals surface area contributed by atoms with E-state index in [0.29, 0.717) is 12.0 Å². The van der Waals surface area contributed by atoms with Crippen LogP contribution in [0.15, 0.2) is 72.8 Å². The summed E-state index contributed by atoms with van der Waals surface area (Å²) in [4.78, 5) is 0.